The SMILES string of the molecule is CCOC(=O)C(Cc1ccccc1)N(C)CC1CCNCC1. The fourth-order valence-corrected chi connectivity index (χ4v) is 3.09. The van der Waals surface area contributed by atoms with Gasteiger partial charge in [0, 0.05) is 6.54 Å². The molecule has 0 amide bonds. The van der Waals surface area contributed by atoms with E-state index >= 15 is 0 Å². The van der Waals surface area contributed by atoms with Crippen molar-refractivity contribution < 1.29 is 9.53 Å². The Kier molecular flexibility index (Phi) is 6.87. The number of piperidine rings is 1. The molecule has 0 bridgehead atoms. The topological polar surface area (TPSA) is 41.6 Å². The van der Waals surface area contributed by atoms with Gasteiger partial charge in [-0.15, -0.1) is 0 Å². The molecule has 1 aliphatic heterocycles. The van der Waals surface area contributed by atoms with Crippen LogP contribution < -0.4 is 5.32 Å². The Balaban J connectivity index is 2.00. The third kappa shape index (κ3) is 5.11. The highest BCUT2D eigenvalue weighted by atomic mass is 16.5. The number of carbonyl (C=O) groups excluding carboxylic acids is 1. The zero-order valence-corrected chi connectivity index (χ0v) is 13.8. The Morgan fingerprint density at radius 1 is 1.32 bits per heavy atom. The van der Waals surface area contributed by atoms with E-state index < -0.39 is 0 Å². The third-order valence-electron chi connectivity index (χ3n) is 4.37. The number of hydrogen-bond donors (Lipinski definition) is 1. The van der Waals surface area contributed by atoms with Gasteiger partial charge in [-0.25, -0.2) is 0 Å². The second-order valence-electron chi connectivity index (χ2n) is 6.09. The van der Waals surface area contributed by atoms with Crippen LogP contribution in [0, 0.1) is 5.92 Å². The van der Waals surface area contributed by atoms with E-state index in [2.05, 4.69) is 22.3 Å². The molecule has 1 fully saturated rings. The molecule has 1 aromatic rings. The summed E-state index contributed by atoms with van der Waals surface area (Å²) < 4.78 is 5.29. The van der Waals surface area contributed by atoms with E-state index in [4.69, 9.17) is 4.74 Å². The first-order chi connectivity index (χ1) is 10.7. The van der Waals surface area contributed by atoms with E-state index in [9.17, 15) is 4.79 Å². The summed E-state index contributed by atoms with van der Waals surface area (Å²) in [7, 11) is 2.05. The van der Waals surface area contributed by atoms with Crippen molar-refractivity contribution >= 4 is 5.97 Å². The molecule has 4 heteroatoms. The van der Waals surface area contributed by atoms with Gasteiger partial charge in [0.05, 0.1) is 6.61 Å². The number of nitrogens with one attached hydrogen (secondary N) is 1. The number of ether oxygens (including phenoxy) is 1. The average molecular weight is 304 g/mol. The number of esters is 1. The molecule has 22 heavy (non-hydrogen) atoms. The molecule has 4 nitrogen and oxygen atoms in total. The summed E-state index contributed by atoms with van der Waals surface area (Å²) in [5, 5.41) is 3.39. The normalized spacial score (nSPS) is 17.4. The number of benzene rings is 1. The first kappa shape index (κ1) is 17.0. The van der Waals surface area contributed by atoms with Gasteiger partial charge in [0.15, 0.2) is 0 Å². The molecule has 1 aromatic carbocycles. The van der Waals surface area contributed by atoms with Crippen LogP contribution in [-0.4, -0.2) is 50.2 Å². The van der Waals surface area contributed by atoms with Gasteiger partial charge >= 0.3 is 5.97 Å². The highest BCUT2D eigenvalue weighted by Gasteiger charge is 2.27. The standard InChI is InChI=1S/C18H28N2O2/c1-3-22-18(21)17(13-15-7-5-4-6-8-15)20(2)14-16-9-11-19-12-10-16/h4-8,16-17,19H,3,9-14H2,1-2H3. The van der Waals surface area contributed by atoms with Crippen LogP contribution in [0.5, 0.6) is 0 Å². The molecule has 0 aromatic heterocycles. The summed E-state index contributed by atoms with van der Waals surface area (Å²) in [4.78, 5) is 14.5. The minimum Gasteiger partial charge on any atom is -0.465 e. The smallest absolute Gasteiger partial charge is 0.323 e. The summed E-state index contributed by atoms with van der Waals surface area (Å²) in [6.45, 7) is 5.43. The molecule has 0 radical (unpaired) electrons. The minimum atomic E-state index is -0.197. The van der Waals surface area contributed by atoms with Crippen molar-refractivity contribution in [2.75, 3.05) is 33.3 Å². The summed E-state index contributed by atoms with van der Waals surface area (Å²) in [5.74, 6) is 0.557. The number of hydrogen-bond acceptors (Lipinski definition) is 4. The molecule has 1 saturated heterocycles. The van der Waals surface area contributed by atoms with Gasteiger partial charge in [-0.05, 0) is 57.8 Å². The monoisotopic (exact) mass is 304 g/mol. The number of likely N-dealkylation sites (N-methyl/N-ethyl adjacent to an activating group) is 1. The Morgan fingerprint density at radius 2 is 2.00 bits per heavy atom. The number of nitrogens with zero attached hydrogens (tertiary/aromatic N) is 1. The summed E-state index contributed by atoms with van der Waals surface area (Å²) >= 11 is 0. The van der Waals surface area contributed by atoms with Crippen molar-refractivity contribution in [1.82, 2.24) is 10.2 Å². The van der Waals surface area contributed by atoms with Gasteiger partial charge in [-0.2, -0.15) is 0 Å². The van der Waals surface area contributed by atoms with Gasteiger partial charge in [0.1, 0.15) is 6.04 Å². The maximum absolute atomic E-state index is 12.4. The summed E-state index contributed by atoms with van der Waals surface area (Å²) in [6.07, 6.45) is 3.08. The molecule has 1 aliphatic rings. The molecule has 1 N–H and O–H groups in total. The van der Waals surface area contributed by atoms with E-state index in [1.165, 1.54) is 18.4 Å². The van der Waals surface area contributed by atoms with Crippen LogP contribution in [0.15, 0.2) is 30.3 Å². The highest BCUT2D eigenvalue weighted by Crippen LogP contribution is 2.16. The first-order valence-corrected chi connectivity index (χ1v) is 8.32. The van der Waals surface area contributed by atoms with E-state index in [1.54, 1.807) is 0 Å². The molecule has 1 unspecified atom stereocenters. The second-order valence-corrected chi connectivity index (χ2v) is 6.09. The molecule has 122 valence electrons. The van der Waals surface area contributed by atoms with Gasteiger partial charge in [-0.3, -0.25) is 9.69 Å². The zero-order chi connectivity index (χ0) is 15.8. The Bertz CT molecular complexity index is 444. The summed E-state index contributed by atoms with van der Waals surface area (Å²) in [6, 6.07) is 9.99. The lowest BCUT2D eigenvalue weighted by molar-refractivity contribution is -0.149. The average Bonchev–Trinajstić information content (AvgIpc) is 2.54. The predicted molar refractivity (Wildman–Crippen MR) is 88.8 cm³/mol. The quantitative estimate of drug-likeness (QED) is 0.783. The van der Waals surface area contributed by atoms with Crippen molar-refractivity contribution in [3.8, 4) is 0 Å². The van der Waals surface area contributed by atoms with Gasteiger partial charge in [-0.1, -0.05) is 30.3 Å². The van der Waals surface area contributed by atoms with Gasteiger partial charge in [0.25, 0.3) is 0 Å². The van der Waals surface area contributed by atoms with Crippen LogP contribution in [0.1, 0.15) is 25.3 Å². The molecular weight excluding hydrogens is 276 g/mol. The van der Waals surface area contributed by atoms with Crippen molar-refractivity contribution in [1.29, 1.82) is 0 Å². The lowest BCUT2D eigenvalue weighted by Crippen LogP contribution is -2.45. The molecule has 1 atom stereocenters. The van der Waals surface area contributed by atoms with Crippen LogP contribution in [0.2, 0.25) is 0 Å². The van der Waals surface area contributed by atoms with Crippen LogP contribution in [0.4, 0.5) is 0 Å². The molecule has 0 spiro atoms. The highest BCUT2D eigenvalue weighted by molar-refractivity contribution is 5.76. The fourth-order valence-electron chi connectivity index (χ4n) is 3.09. The summed E-state index contributed by atoms with van der Waals surface area (Å²) in [5.41, 5.74) is 1.18. The Labute approximate surface area is 133 Å². The van der Waals surface area contributed by atoms with E-state index in [0.717, 1.165) is 19.6 Å². The molecular formula is C18H28N2O2. The number of rotatable bonds is 7. The fraction of sp³-hybridized carbons (Fsp3) is 0.611. The molecule has 2 rings (SSSR count). The van der Waals surface area contributed by atoms with Crippen molar-refractivity contribution in [2.24, 2.45) is 5.92 Å². The van der Waals surface area contributed by atoms with Crippen molar-refractivity contribution in [2.45, 2.75) is 32.2 Å². The third-order valence-corrected chi connectivity index (χ3v) is 4.37. The molecule has 0 saturated carbocycles. The van der Waals surface area contributed by atoms with Crippen LogP contribution in [0.25, 0.3) is 0 Å². The minimum absolute atomic E-state index is 0.109. The zero-order valence-electron chi connectivity index (χ0n) is 13.8. The first-order valence-electron chi connectivity index (χ1n) is 8.32. The van der Waals surface area contributed by atoms with Crippen molar-refractivity contribution in [3.63, 3.8) is 0 Å². The van der Waals surface area contributed by atoms with Crippen LogP contribution in [0.3, 0.4) is 0 Å². The lowest BCUT2D eigenvalue weighted by atomic mass is 9.96. The molecule has 1 heterocycles. The van der Waals surface area contributed by atoms with E-state index in [-0.39, 0.29) is 12.0 Å². The van der Waals surface area contributed by atoms with Crippen LogP contribution in [-0.2, 0) is 16.0 Å². The van der Waals surface area contributed by atoms with E-state index in [1.807, 2.05) is 32.2 Å². The Hall–Kier alpha value is -1.39. The molecule has 0 aliphatic carbocycles. The van der Waals surface area contributed by atoms with Gasteiger partial charge in [0.2, 0.25) is 0 Å². The largest absolute Gasteiger partial charge is 0.465 e. The van der Waals surface area contributed by atoms with Gasteiger partial charge < -0.3 is 10.1 Å². The maximum atomic E-state index is 12.4. The number of carbonyl (C=O) groups is 1. The Morgan fingerprint density at radius 3 is 2.64 bits per heavy atom. The van der Waals surface area contributed by atoms with E-state index in [0.29, 0.717) is 18.9 Å². The second kappa shape index (κ2) is 8.91. The predicted octanol–water partition coefficient (Wildman–Crippen LogP) is 2.09. The lowest BCUT2D eigenvalue weighted by Gasteiger charge is -2.32. The van der Waals surface area contributed by atoms with Crippen LogP contribution >= 0.6 is 0 Å². The maximum Gasteiger partial charge on any atom is 0.323 e. The van der Waals surface area contributed by atoms with Crippen molar-refractivity contribution in [3.05, 3.63) is 35.9 Å².